The molecule has 2 amide bonds. The van der Waals surface area contributed by atoms with Crippen molar-refractivity contribution >= 4 is 23.5 Å². The standard InChI is InChI=1S/C18H18N2O6/c1-18(2)17(24)20(10-15(21)19-9-12-4-3-7-25-12)13-6-5-11(16(22)23)8-14(13)26-18/h3-8H,9-10H2,1-2H3,(H,19,21)(H,22,23). The second kappa shape index (κ2) is 6.55. The van der Waals surface area contributed by atoms with E-state index >= 15 is 0 Å². The fourth-order valence-electron chi connectivity index (χ4n) is 2.66. The van der Waals surface area contributed by atoms with E-state index in [4.69, 9.17) is 14.3 Å². The summed E-state index contributed by atoms with van der Waals surface area (Å²) in [7, 11) is 0. The van der Waals surface area contributed by atoms with Gasteiger partial charge < -0.3 is 19.6 Å². The maximum Gasteiger partial charge on any atom is 0.335 e. The van der Waals surface area contributed by atoms with E-state index in [1.54, 1.807) is 26.0 Å². The molecule has 2 heterocycles. The topological polar surface area (TPSA) is 109 Å². The van der Waals surface area contributed by atoms with Gasteiger partial charge in [-0.25, -0.2) is 4.79 Å². The Morgan fingerprint density at radius 3 is 2.69 bits per heavy atom. The maximum atomic E-state index is 12.7. The van der Waals surface area contributed by atoms with Crippen molar-refractivity contribution in [3.8, 4) is 5.75 Å². The van der Waals surface area contributed by atoms with Gasteiger partial charge in [0.25, 0.3) is 5.91 Å². The first-order valence-corrected chi connectivity index (χ1v) is 7.95. The van der Waals surface area contributed by atoms with Gasteiger partial charge in [-0.05, 0) is 44.2 Å². The Kier molecular flexibility index (Phi) is 4.41. The molecule has 3 rings (SSSR count). The molecule has 1 aromatic heterocycles. The maximum absolute atomic E-state index is 12.7. The summed E-state index contributed by atoms with van der Waals surface area (Å²) < 4.78 is 10.8. The van der Waals surface area contributed by atoms with Gasteiger partial charge in [-0.2, -0.15) is 0 Å². The fourth-order valence-corrected chi connectivity index (χ4v) is 2.66. The van der Waals surface area contributed by atoms with Crippen molar-refractivity contribution in [2.45, 2.75) is 26.0 Å². The number of furan rings is 1. The van der Waals surface area contributed by atoms with E-state index in [2.05, 4.69) is 5.32 Å². The van der Waals surface area contributed by atoms with Gasteiger partial charge in [-0.3, -0.25) is 14.5 Å². The minimum atomic E-state index is -1.22. The Hall–Kier alpha value is -3.29. The lowest BCUT2D eigenvalue weighted by Crippen LogP contribution is -2.54. The molecule has 0 bridgehead atoms. The van der Waals surface area contributed by atoms with Crippen molar-refractivity contribution in [3.63, 3.8) is 0 Å². The molecule has 26 heavy (non-hydrogen) atoms. The van der Waals surface area contributed by atoms with Crippen LogP contribution in [-0.2, 0) is 16.1 Å². The number of nitrogens with one attached hydrogen (secondary N) is 1. The van der Waals surface area contributed by atoms with E-state index in [-0.39, 0.29) is 36.2 Å². The fraction of sp³-hybridized carbons (Fsp3) is 0.278. The summed E-state index contributed by atoms with van der Waals surface area (Å²) in [4.78, 5) is 37.4. The van der Waals surface area contributed by atoms with Gasteiger partial charge in [0.1, 0.15) is 18.1 Å². The number of aromatic carboxylic acids is 1. The number of rotatable bonds is 5. The summed E-state index contributed by atoms with van der Waals surface area (Å²) in [6.45, 7) is 3.13. The number of hydrogen-bond acceptors (Lipinski definition) is 5. The van der Waals surface area contributed by atoms with Crippen LogP contribution in [-0.4, -0.2) is 35.0 Å². The predicted molar refractivity (Wildman–Crippen MR) is 91.0 cm³/mol. The van der Waals surface area contributed by atoms with Gasteiger partial charge in [0.05, 0.1) is 24.1 Å². The molecule has 8 nitrogen and oxygen atoms in total. The van der Waals surface area contributed by atoms with Gasteiger partial charge in [0.2, 0.25) is 5.91 Å². The quantitative estimate of drug-likeness (QED) is 0.843. The van der Waals surface area contributed by atoms with Gasteiger partial charge in [-0.15, -0.1) is 0 Å². The number of carbonyl (C=O) groups excluding carboxylic acids is 2. The third-order valence-corrected chi connectivity index (χ3v) is 3.96. The average molecular weight is 358 g/mol. The van der Waals surface area contributed by atoms with Gasteiger partial charge >= 0.3 is 5.97 Å². The lowest BCUT2D eigenvalue weighted by Gasteiger charge is -2.38. The van der Waals surface area contributed by atoms with Crippen LogP contribution in [0.1, 0.15) is 30.0 Å². The molecule has 8 heteroatoms. The van der Waals surface area contributed by atoms with Crippen LogP contribution in [0.4, 0.5) is 5.69 Å². The number of nitrogens with zero attached hydrogens (tertiary/aromatic N) is 1. The van der Waals surface area contributed by atoms with Gasteiger partial charge in [-0.1, -0.05) is 0 Å². The summed E-state index contributed by atoms with van der Waals surface area (Å²) in [6.07, 6.45) is 1.51. The minimum absolute atomic E-state index is 0.0381. The van der Waals surface area contributed by atoms with Crippen LogP contribution in [0.25, 0.3) is 0 Å². The highest BCUT2D eigenvalue weighted by atomic mass is 16.5. The van der Waals surface area contributed by atoms with Crippen molar-refractivity contribution < 1.29 is 28.6 Å². The largest absolute Gasteiger partial charge is 0.478 e. The van der Waals surface area contributed by atoms with Crippen LogP contribution in [0, 0.1) is 0 Å². The number of fused-ring (bicyclic) bond motifs is 1. The highest BCUT2D eigenvalue weighted by molar-refractivity contribution is 6.06. The second-order valence-corrected chi connectivity index (χ2v) is 6.35. The molecule has 0 aliphatic carbocycles. The first kappa shape index (κ1) is 17.5. The molecule has 2 aromatic rings. The van der Waals surface area contributed by atoms with Crippen LogP contribution in [0.2, 0.25) is 0 Å². The molecule has 1 aliphatic rings. The molecule has 136 valence electrons. The van der Waals surface area contributed by atoms with Gasteiger partial charge in [0.15, 0.2) is 5.60 Å². The number of ether oxygens (including phenoxy) is 1. The number of anilines is 1. The Morgan fingerprint density at radius 1 is 1.27 bits per heavy atom. The lowest BCUT2D eigenvalue weighted by molar-refractivity contribution is -0.134. The van der Waals surface area contributed by atoms with Crippen molar-refractivity contribution in [1.29, 1.82) is 0 Å². The van der Waals surface area contributed by atoms with Crippen LogP contribution < -0.4 is 15.0 Å². The summed E-state index contributed by atoms with van der Waals surface area (Å²) >= 11 is 0. The summed E-state index contributed by atoms with van der Waals surface area (Å²) in [5.74, 6) is -1.03. The molecule has 0 saturated carbocycles. The molecule has 1 aromatic carbocycles. The van der Waals surface area contributed by atoms with Crippen molar-refractivity contribution in [2.75, 3.05) is 11.4 Å². The zero-order valence-corrected chi connectivity index (χ0v) is 14.3. The minimum Gasteiger partial charge on any atom is -0.478 e. The Bertz CT molecular complexity index is 857. The lowest BCUT2D eigenvalue weighted by atomic mass is 10.0. The molecule has 0 fully saturated rings. The molecule has 1 aliphatic heterocycles. The smallest absolute Gasteiger partial charge is 0.335 e. The van der Waals surface area contributed by atoms with Crippen molar-refractivity contribution in [1.82, 2.24) is 5.32 Å². The number of carboxylic acids is 1. The second-order valence-electron chi connectivity index (χ2n) is 6.35. The van der Waals surface area contributed by atoms with Crippen LogP contribution in [0.15, 0.2) is 41.0 Å². The van der Waals surface area contributed by atoms with E-state index in [9.17, 15) is 14.4 Å². The SMILES string of the molecule is CC1(C)Oc2cc(C(=O)O)ccc2N(CC(=O)NCc2ccco2)C1=O. The van der Waals surface area contributed by atoms with Crippen LogP contribution in [0.3, 0.4) is 0 Å². The molecule has 0 radical (unpaired) electrons. The van der Waals surface area contributed by atoms with Crippen LogP contribution in [0.5, 0.6) is 5.75 Å². The van der Waals surface area contributed by atoms with Crippen molar-refractivity contribution in [3.05, 3.63) is 47.9 Å². The first-order chi connectivity index (χ1) is 12.3. The highest BCUT2D eigenvalue weighted by Gasteiger charge is 2.41. The number of benzene rings is 1. The van der Waals surface area contributed by atoms with E-state index in [1.165, 1.54) is 29.4 Å². The monoisotopic (exact) mass is 358 g/mol. The van der Waals surface area contributed by atoms with E-state index < -0.39 is 11.6 Å². The third kappa shape index (κ3) is 3.39. The zero-order valence-electron chi connectivity index (χ0n) is 14.3. The Morgan fingerprint density at radius 2 is 2.04 bits per heavy atom. The third-order valence-electron chi connectivity index (χ3n) is 3.96. The Labute approximate surface area is 149 Å². The Balaban J connectivity index is 1.82. The van der Waals surface area contributed by atoms with Crippen LogP contribution >= 0.6 is 0 Å². The molecule has 0 atom stereocenters. The van der Waals surface area contributed by atoms with Crippen molar-refractivity contribution in [2.24, 2.45) is 0 Å². The molecule has 0 unspecified atom stereocenters. The molecular weight excluding hydrogens is 340 g/mol. The number of hydrogen-bond donors (Lipinski definition) is 2. The molecule has 2 N–H and O–H groups in total. The van der Waals surface area contributed by atoms with E-state index in [0.717, 1.165) is 0 Å². The van der Waals surface area contributed by atoms with E-state index in [1.807, 2.05) is 0 Å². The number of carboxylic acid groups (broad SMARTS) is 1. The number of carbonyl (C=O) groups is 3. The summed E-state index contributed by atoms with van der Waals surface area (Å²) in [5, 5.41) is 11.8. The summed E-state index contributed by atoms with van der Waals surface area (Å²) in [5.41, 5.74) is -0.825. The highest BCUT2D eigenvalue weighted by Crippen LogP contribution is 2.38. The predicted octanol–water partition coefficient (Wildman–Crippen LogP) is 1.80. The number of amides is 2. The first-order valence-electron chi connectivity index (χ1n) is 7.95. The van der Waals surface area contributed by atoms with E-state index in [0.29, 0.717) is 11.4 Å². The molecule has 0 spiro atoms. The summed E-state index contributed by atoms with van der Waals surface area (Å²) in [6, 6.07) is 7.62. The molecular formula is C18H18N2O6. The average Bonchev–Trinajstić information content (AvgIpc) is 3.09. The molecule has 0 saturated heterocycles. The zero-order chi connectivity index (χ0) is 18.9. The van der Waals surface area contributed by atoms with Gasteiger partial charge in [0, 0.05) is 0 Å². The normalized spacial score (nSPS) is 15.2.